The number of aliphatic imine (C=N–C) groups is 1. The molecule has 2 aromatic carbocycles. The van der Waals surface area contributed by atoms with E-state index in [2.05, 4.69) is 4.99 Å². The Bertz CT molecular complexity index is 952. The first-order valence-corrected chi connectivity index (χ1v) is 8.49. The molecular weight excluding hydrogens is 361 g/mol. The summed E-state index contributed by atoms with van der Waals surface area (Å²) in [5.41, 5.74) is 3.37. The van der Waals surface area contributed by atoms with Crippen LogP contribution in [-0.4, -0.2) is 15.6 Å². The largest absolute Gasteiger partial charge is 0.285 e. The molecule has 0 saturated heterocycles. The molecule has 24 heavy (non-hydrogen) atoms. The summed E-state index contributed by atoms with van der Waals surface area (Å²) in [5.74, 6) is 0. The van der Waals surface area contributed by atoms with Crippen LogP contribution in [0.4, 0.5) is 5.69 Å². The summed E-state index contributed by atoms with van der Waals surface area (Å²) in [6.45, 7) is 1.98. The molecule has 0 amide bonds. The molecule has 0 saturated carbocycles. The van der Waals surface area contributed by atoms with Crippen LogP contribution >= 0.6 is 35.4 Å². The van der Waals surface area contributed by atoms with Crippen molar-refractivity contribution in [3.8, 4) is 5.69 Å². The monoisotopic (exact) mass is 375 g/mol. The summed E-state index contributed by atoms with van der Waals surface area (Å²) >= 11 is 18.0. The standard InChI is InChI=1S/C18H15Cl2N3S/c1-12-17(21-11-14-15(19)9-6-10-16(14)20)18(24)23(22(12)2)13-7-4-3-5-8-13/h3-11H,1-2H3. The highest BCUT2D eigenvalue weighted by molar-refractivity contribution is 7.71. The summed E-state index contributed by atoms with van der Waals surface area (Å²) in [7, 11) is 1.96. The molecule has 3 rings (SSSR count). The zero-order chi connectivity index (χ0) is 17.3. The van der Waals surface area contributed by atoms with Crippen molar-refractivity contribution in [1.82, 2.24) is 9.36 Å². The van der Waals surface area contributed by atoms with Gasteiger partial charge in [0.1, 0.15) is 5.69 Å². The van der Waals surface area contributed by atoms with E-state index in [1.165, 1.54) is 0 Å². The van der Waals surface area contributed by atoms with Gasteiger partial charge in [0.2, 0.25) is 0 Å². The van der Waals surface area contributed by atoms with Gasteiger partial charge in [0.25, 0.3) is 0 Å². The summed E-state index contributed by atoms with van der Waals surface area (Å²) < 4.78 is 4.57. The van der Waals surface area contributed by atoms with Gasteiger partial charge in [0.15, 0.2) is 4.64 Å². The first-order chi connectivity index (χ1) is 11.5. The Hall–Kier alpha value is -1.88. The third-order valence-corrected chi connectivity index (χ3v) is 4.87. The molecule has 0 bridgehead atoms. The fourth-order valence-electron chi connectivity index (χ4n) is 2.47. The van der Waals surface area contributed by atoms with Crippen molar-refractivity contribution in [2.45, 2.75) is 6.92 Å². The van der Waals surface area contributed by atoms with Crippen molar-refractivity contribution < 1.29 is 0 Å². The van der Waals surface area contributed by atoms with Gasteiger partial charge in [0.05, 0.1) is 21.4 Å². The molecule has 1 aromatic heterocycles. The predicted molar refractivity (Wildman–Crippen MR) is 104 cm³/mol. The number of hydrogen-bond acceptors (Lipinski definition) is 2. The normalized spacial score (nSPS) is 11.3. The van der Waals surface area contributed by atoms with Crippen LogP contribution < -0.4 is 0 Å². The van der Waals surface area contributed by atoms with Crippen LogP contribution in [0.3, 0.4) is 0 Å². The Morgan fingerprint density at radius 3 is 2.25 bits per heavy atom. The van der Waals surface area contributed by atoms with Crippen molar-refractivity contribution >= 4 is 47.3 Å². The topological polar surface area (TPSA) is 22.2 Å². The van der Waals surface area contributed by atoms with Gasteiger partial charge in [0, 0.05) is 18.8 Å². The molecule has 122 valence electrons. The quantitative estimate of drug-likeness (QED) is 0.411. The van der Waals surface area contributed by atoms with Crippen LogP contribution in [0.1, 0.15) is 11.3 Å². The molecule has 1 heterocycles. The van der Waals surface area contributed by atoms with Gasteiger partial charge in [-0.25, -0.2) is 4.68 Å². The van der Waals surface area contributed by atoms with Crippen molar-refractivity contribution in [2.24, 2.45) is 12.0 Å². The first kappa shape index (κ1) is 17.0. The third-order valence-electron chi connectivity index (χ3n) is 3.85. The maximum Gasteiger partial charge on any atom is 0.153 e. The second-order valence-electron chi connectivity index (χ2n) is 5.30. The van der Waals surface area contributed by atoms with Gasteiger partial charge in [-0.1, -0.05) is 59.7 Å². The number of hydrogen-bond donors (Lipinski definition) is 0. The maximum absolute atomic E-state index is 6.20. The maximum atomic E-state index is 6.20. The molecular formula is C18H15Cl2N3S. The van der Waals surface area contributed by atoms with Gasteiger partial charge in [-0.3, -0.25) is 9.67 Å². The molecule has 3 aromatic rings. The Kier molecular flexibility index (Phi) is 4.90. The SMILES string of the molecule is Cc1c(N=Cc2c(Cl)cccc2Cl)c(=S)n(-c2ccccc2)n1C. The summed E-state index contributed by atoms with van der Waals surface area (Å²) in [5, 5.41) is 1.11. The highest BCUT2D eigenvalue weighted by Crippen LogP contribution is 2.27. The Morgan fingerprint density at radius 1 is 1.00 bits per heavy atom. The summed E-state index contributed by atoms with van der Waals surface area (Å²) in [6.07, 6.45) is 1.66. The highest BCUT2D eigenvalue weighted by Gasteiger charge is 2.12. The zero-order valence-electron chi connectivity index (χ0n) is 13.2. The summed E-state index contributed by atoms with van der Waals surface area (Å²) in [4.78, 5) is 4.56. The Balaban J connectivity index is 2.11. The van der Waals surface area contributed by atoms with E-state index in [4.69, 9.17) is 35.4 Å². The van der Waals surface area contributed by atoms with E-state index in [0.29, 0.717) is 20.2 Å². The van der Waals surface area contributed by atoms with Crippen molar-refractivity contribution in [2.75, 3.05) is 0 Å². The highest BCUT2D eigenvalue weighted by atomic mass is 35.5. The van der Waals surface area contributed by atoms with Crippen LogP contribution in [0.25, 0.3) is 5.69 Å². The molecule has 0 spiro atoms. The van der Waals surface area contributed by atoms with Crippen molar-refractivity contribution in [3.05, 3.63) is 74.5 Å². The van der Waals surface area contributed by atoms with E-state index in [-0.39, 0.29) is 0 Å². The lowest BCUT2D eigenvalue weighted by Crippen LogP contribution is -2.07. The van der Waals surface area contributed by atoms with Crippen LogP contribution in [0, 0.1) is 11.6 Å². The average molecular weight is 376 g/mol. The Morgan fingerprint density at radius 2 is 1.62 bits per heavy atom. The van der Waals surface area contributed by atoms with Crippen LogP contribution in [0.5, 0.6) is 0 Å². The number of rotatable bonds is 3. The molecule has 6 heteroatoms. The van der Waals surface area contributed by atoms with Gasteiger partial charge in [-0.15, -0.1) is 0 Å². The minimum Gasteiger partial charge on any atom is -0.285 e. The van der Waals surface area contributed by atoms with Crippen LogP contribution in [0.15, 0.2) is 53.5 Å². The lowest BCUT2D eigenvalue weighted by molar-refractivity contribution is 0.638. The molecule has 0 radical (unpaired) electrons. The zero-order valence-corrected chi connectivity index (χ0v) is 15.5. The number of aromatic nitrogens is 2. The Labute approximate surface area is 155 Å². The van der Waals surface area contributed by atoms with E-state index in [9.17, 15) is 0 Å². The summed E-state index contributed by atoms with van der Waals surface area (Å²) in [6, 6.07) is 15.3. The van der Waals surface area contributed by atoms with E-state index in [1.54, 1.807) is 24.4 Å². The van der Waals surface area contributed by atoms with Gasteiger partial charge in [-0.05, 0) is 31.2 Å². The second kappa shape index (κ2) is 6.93. The number of para-hydroxylation sites is 1. The smallest absolute Gasteiger partial charge is 0.153 e. The average Bonchev–Trinajstić information content (AvgIpc) is 2.78. The lowest BCUT2D eigenvalue weighted by atomic mass is 10.2. The van der Waals surface area contributed by atoms with Crippen molar-refractivity contribution in [1.29, 1.82) is 0 Å². The van der Waals surface area contributed by atoms with Gasteiger partial charge < -0.3 is 0 Å². The van der Waals surface area contributed by atoms with E-state index < -0.39 is 0 Å². The minimum atomic E-state index is 0.557. The lowest BCUT2D eigenvalue weighted by Gasteiger charge is -2.08. The third kappa shape index (κ3) is 3.05. The van der Waals surface area contributed by atoms with Gasteiger partial charge >= 0.3 is 0 Å². The second-order valence-corrected chi connectivity index (χ2v) is 6.50. The fourth-order valence-corrected chi connectivity index (χ4v) is 3.39. The number of benzene rings is 2. The predicted octanol–water partition coefficient (Wildman–Crippen LogP) is 5.91. The first-order valence-electron chi connectivity index (χ1n) is 7.33. The molecule has 0 aliphatic rings. The van der Waals surface area contributed by atoms with E-state index >= 15 is 0 Å². The van der Waals surface area contributed by atoms with Gasteiger partial charge in [-0.2, -0.15) is 0 Å². The van der Waals surface area contributed by atoms with E-state index in [1.807, 2.05) is 53.7 Å². The molecule has 0 fully saturated rings. The molecule has 0 aliphatic carbocycles. The molecule has 0 atom stereocenters. The molecule has 0 N–H and O–H groups in total. The molecule has 3 nitrogen and oxygen atoms in total. The number of halogens is 2. The van der Waals surface area contributed by atoms with Crippen LogP contribution in [-0.2, 0) is 7.05 Å². The number of nitrogens with zero attached hydrogens (tertiary/aromatic N) is 3. The molecule has 0 aliphatic heterocycles. The fraction of sp³-hybridized carbons (Fsp3) is 0.111. The minimum absolute atomic E-state index is 0.557. The van der Waals surface area contributed by atoms with E-state index in [0.717, 1.165) is 17.1 Å². The van der Waals surface area contributed by atoms with Crippen molar-refractivity contribution in [3.63, 3.8) is 0 Å². The van der Waals surface area contributed by atoms with Crippen LogP contribution in [0.2, 0.25) is 10.0 Å². The molecule has 0 unspecified atom stereocenters.